The largest absolute Gasteiger partial charge is 0.480 e. The lowest BCUT2D eigenvalue weighted by atomic mass is 10.0. The Morgan fingerprint density at radius 1 is 0.586 bits per heavy atom. The van der Waals surface area contributed by atoms with Crippen LogP contribution in [0.15, 0.2) is 0 Å². The van der Waals surface area contributed by atoms with Crippen molar-refractivity contribution < 1.29 is 9.90 Å². The molecule has 0 fully saturated rings. The van der Waals surface area contributed by atoms with E-state index in [4.69, 9.17) is 5.11 Å². The zero-order chi connectivity index (χ0) is 21.6. The fourth-order valence-corrected chi connectivity index (χ4v) is 4.20. The second-order valence-corrected chi connectivity index (χ2v) is 9.32. The monoisotopic (exact) mass is 411 g/mol. The maximum Gasteiger partial charge on any atom is 0.320 e. The predicted molar refractivity (Wildman–Crippen MR) is 128 cm³/mol. The topological polar surface area (TPSA) is 40.5 Å². The molecule has 0 rings (SSSR count). The van der Waals surface area contributed by atoms with Crippen molar-refractivity contribution in [3.8, 4) is 0 Å². The van der Waals surface area contributed by atoms with Gasteiger partial charge in [0.05, 0.1) is 0 Å². The maximum atomic E-state index is 11.1. The Kier molecular flexibility index (Phi) is 21.7. The minimum atomic E-state index is -0.687. The summed E-state index contributed by atoms with van der Waals surface area (Å²) in [6.45, 7) is 2.29. The summed E-state index contributed by atoms with van der Waals surface area (Å²) >= 11 is 0. The van der Waals surface area contributed by atoms with Crippen molar-refractivity contribution >= 4 is 5.97 Å². The Morgan fingerprint density at radius 3 is 1.10 bits per heavy atom. The van der Waals surface area contributed by atoms with E-state index in [1.807, 2.05) is 19.0 Å². The molecule has 0 aliphatic carbocycles. The molecule has 29 heavy (non-hydrogen) atoms. The van der Waals surface area contributed by atoms with Gasteiger partial charge in [-0.1, -0.05) is 135 Å². The molecule has 0 radical (unpaired) electrons. The molecule has 174 valence electrons. The second kappa shape index (κ2) is 22.1. The van der Waals surface area contributed by atoms with E-state index in [1.165, 1.54) is 122 Å². The Labute approximate surface area is 183 Å². The van der Waals surface area contributed by atoms with Gasteiger partial charge in [0.2, 0.25) is 0 Å². The van der Waals surface area contributed by atoms with Crippen LogP contribution < -0.4 is 0 Å². The second-order valence-electron chi connectivity index (χ2n) is 9.32. The number of rotatable bonds is 23. The van der Waals surface area contributed by atoms with Gasteiger partial charge in [-0.25, -0.2) is 0 Å². The first-order chi connectivity index (χ1) is 14.1. The first-order valence-corrected chi connectivity index (χ1v) is 13.0. The third-order valence-corrected chi connectivity index (χ3v) is 6.24. The quantitative estimate of drug-likeness (QED) is 0.172. The van der Waals surface area contributed by atoms with E-state index in [1.54, 1.807) is 0 Å². The summed E-state index contributed by atoms with van der Waals surface area (Å²) in [4.78, 5) is 12.9. The zero-order valence-electron chi connectivity index (χ0n) is 20.2. The SMILES string of the molecule is CCCCCCCCCCCCCCCCCCCCCCC(C(=O)O)N(C)C. The smallest absolute Gasteiger partial charge is 0.320 e. The van der Waals surface area contributed by atoms with Crippen molar-refractivity contribution in [2.45, 2.75) is 148 Å². The molecule has 0 heterocycles. The van der Waals surface area contributed by atoms with Gasteiger partial charge in [-0.15, -0.1) is 0 Å². The third-order valence-electron chi connectivity index (χ3n) is 6.24. The fourth-order valence-electron chi connectivity index (χ4n) is 4.20. The van der Waals surface area contributed by atoms with E-state index in [0.29, 0.717) is 0 Å². The number of carbonyl (C=O) groups is 1. The Bertz CT molecular complexity index is 344. The van der Waals surface area contributed by atoms with Crippen molar-refractivity contribution in [2.75, 3.05) is 14.1 Å². The van der Waals surface area contributed by atoms with Gasteiger partial charge >= 0.3 is 5.97 Å². The molecule has 3 heteroatoms. The van der Waals surface area contributed by atoms with Crippen molar-refractivity contribution in [2.24, 2.45) is 0 Å². The molecule has 0 saturated carbocycles. The first kappa shape index (κ1) is 28.4. The van der Waals surface area contributed by atoms with Crippen LogP contribution in [-0.4, -0.2) is 36.1 Å². The predicted octanol–water partition coefficient (Wildman–Crippen LogP) is 8.21. The molecule has 0 aliphatic heterocycles. The van der Waals surface area contributed by atoms with Crippen molar-refractivity contribution in [1.29, 1.82) is 0 Å². The molecule has 0 spiro atoms. The van der Waals surface area contributed by atoms with Gasteiger partial charge in [0, 0.05) is 0 Å². The van der Waals surface area contributed by atoms with E-state index >= 15 is 0 Å². The molecular weight excluding hydrogens is 358 g/mol. The number of hydrogen-bond donors (Lipinski definition) is 1. The van der Waals surface area contributed by atoms with E-state index in [0.717, 1.165) is 12.8 Å². The van der Waals surface area contributed by atoms with Gasteiger partial charge in [-0.05, 0) is 20.5 Å². The molecule has 1 unspecified atom stereocenters. The average molecular weight is 412 g/mol. The summed E-state index contributed by atoms with van der Waals surface area (Å²) in [6.07, 6.45) is 28.4. The van der Waals surface area contributed by atoms with Crippen LogP contribution >= 0.6 is 0 Å². The van der Waals surface area contributed by atoms with Crippen LogP contribution in [0.25, 0.3) is 0 Å². The number of carboxylic acids is 1. The average Bonchev–Trinajstić information content (AvgIpc) is 2.68. The van der Waals surface area contributed by atoms with Crippen molar-refractivity contribution in [3.63, 3.8) is 0 Å². The lowest BCUT2D eigenvalue weighted by molar-refractivity contribution is -0.142. The molecule has 0 amide bonds. The van der Waals surface area contributed by atoms with Crippen molar-refractivity contribution in [1.82, 2.24) is 4.90 Å². The summed E-state index contributed by atoms with van der Waals surface area (Å²) < 4.78 is 0. The standard InChI is InChI=1S/C26H53NO2/c1-4-5-6-7-8-9-10-11-12-13-14-15-16-17-18-19-20-21-22-23-24-25(26(28)29)27(2)3/h25H,4-24H2,1-3H3,(H,28,29). The molecule has 3 nitrogen and oxygen atoms in total. The fraction of sp³-hybridized carbons (Fsp3) is 0.962. The number of likely N-dealkylation sites (N-methyl/N-ethyl adjacent to an activating group) is 1. The molecule has 1 N–H and O–H groups in total. The van der Waals surface area contributed by atoms with E-state index in [2.05, 4.69) is 6.92 Å². The molecule has 0 bridgehead atoms. The Hall–Kier alpha value is -0.570. The summed E-state index contributed by atoms with van der Waals surface area (Å²) in [5, 5.41) is 9.16. The summed E-state index contributed by atoms with van der Waals surface area (Å²) in [7, 11) is 3.71. The molecular formula is C26H53NO2. The highest BCUT2D eigenvalue weighted by Gasteiger charge is 2.18. The van der Waals surface area contributed by atoms with Crippen LogP contribution in [0.3, 0.4) is 0 Å². The van der Waals surface area contributed by atoms with E-state index in [9.17, 15) is 4.79 Å². The number of carboxylic acid groups (broad SMARTS) is 1. The summed E-state index contributed by atoms with van der Waals surface area (Å²) in [5.41, 5.74) is 0. The highest BCUT2D eigenvalue weighted by atomic mass is 16.4. The van der Waals surface area contributed by atoms with Crippen LogP contribution in [0, 0.1) is 0 Å². The van der Waals surface area contributed by atoms with Gasteiger partial charge in [0.1, 0.15) is 6.04 Å². The number of nitrogens with zero attached hydrogens (tertiary/aromatic N) is 1. The zero-order valence-corrected chi connectivity index (χ0v) is 20.2. The van der Waals surface area contributed by atoms with Gasteiger partial charge in [0.15, 0.2) is 0 Å². The van der Waals surface area contributed by atoms with Crippen LogP contribution in [0.5, 0.6) is 0 Å². The van der Waals surface area contributed by atoms with Crippen LogP contribution in [0.1, 0.15) is 142 Å². The first-order valence-electron chi connectivity index (χ1n) is 13.0. The minimum absolute atomic E-state index is 0.314. The van der Waals surface area contributed by atoms with Crippen LogP contribution in [-0.2, 0) is 4.79 Å². The molecule has 0 saturated heterocycles. The summed E-state index contributed by atoms with van der Waals surface area (Å²) in [6, 6.07) is -0.314. The highest BCUT2D eigenvalue weighted by molar-refractivity contribution is 5.73. The Morgan fingerprint density at radius 2 is 0.862 bits per heavy atom. The van der Waals surface area contributed by atoms with Gasteiger partial charge < -0.3 is 5.11 Å². The third kappa shape index (κ3) is 20.5. The molecule has 0 aliphatic rings. The minimum Gasteiger partial charge on any atom is -0.480 e. The van der Waals surface area contributed by atoms with Gasteiger partial charge in [0.25, 0.3) is 0 Å². The molecule has 0 aromatic rings. The van der Waals surface area contributed by atoms with E-state index in [-0.39, 0.29) is 6.04 Å². The number of aliphatic carboxylic acids is 1. The van der Waals surface area contributed by atoms with Crippen LogP contribution in [0.4, 0.5) is 0 Å². The van der Waals surface area contributed by atoms with Crippen LogP contribution in [0.2, 0.25) is 0 Å². The lowest BCUT2D eigenvalue weighted by Crippen LogP contribution is -2.35. The lowest BCUT2D eigenvalue weighted by Gasteiger charge is -2.19. The summed E-state index contributed by atoms with van der Waals surface area (Å²) in [5.74, 6) is -0.687. The van der Waals surface area contributed by atoms with E-state index < -0.39 is 5.97 Å². The van der Waals surface area contributed by atoms with Gasteiger partial charge in [-0.3, -0.25) is 9.69 Å². The highest BCUT2D eigenvalue weighted by Crippen LogP contribution is 2.15. The molecule has 0 aromatic heterocycles. The number of unbranched alkanes of at least 4 members (excludes halogenated alkanes) is 19. The molecule has 1 atom stereocenters. The van der Waals surface area contributed by atoms with Crippen molar-refractivity contribution in [3.05, 3.63) is 0 Å². The number of hydrogen-bond acceptors (Lipinski definition) is 2. The maximum absolute atomic E-state index is 11.1. The Balaban J connectivity index is 3.16. The van der Waals surface area contributed by atoms with Gasteiger partial charge in [-0.2, -0.15) is 0 Å². The molecule has 0 aromatic carbocycles. The normalized spacial score (nSPS) is 12.6.